The molecule has 0 spiro atoms. The molecule has 0 radical (unpaired) electrons. The lowest BCUT2D eigenvalue weighted by Crippen LogP contribution is -2.34. The van der Waals surface area contributed by atoms with Crippen molar-refractivity contribution in [3.63, 3.8) is 0 Å². The number of hydrogen-bond donors (Lipinski definition) is 1. The number of thioether (sulfide) groups is 1. The third-order valence-electron chi connectivity index (χ3n) is 6.66. The molecule has 0 fully saturated rings. The molecule has 6 nitrogen and oxygen atoms in total. The van der Waals surface area contributed by atoms with Crippen molar-refractivity contribution < 1.29 is 4.79 Å². The van der Waals surface area contributed by atoms with E-state index in [4.69, 9.17) is 4.98 Å². The number of aromatic nitrogens is 4. The summed E-state index contributed by atoms with van der Waals surface area (Å²) >= 11 is 3.20. The largest absolute Gasteiger partial charge is 0.353 e. The van der Waals surface area contributed by atoms with Crippen LogP contribution in [0.2, 0.25) is 0 Å². The van der Waals surface area contributed by atoms with Gasteiger partial charge in [0.1, 0.15) is 10.7 Å². The van der Waals surface area contributed by atoms with E-state index in [1.54, 1.807) is 11.3 Å². The lowest BCUT2D eigenvalue weighted by molar-refractivity contribution is -0.119. The summed E-state index contributed by atoms with van der Waals surface area (Å²) in [6.07, 6.45) is 5.20. The number of nitrogens with one attached hydrogen (secondary N) is 1. The van der Waals surface area contributed by atoms with Gasteiger partial charge in [0.15, 0.2) is 10.8 Å². The van der Waals surface area contributed by atoms with Crippen LogP contribution in [-0.4, -0.2) is 37.3 Å². The van der Waals surface area contributed by atoms with Gasteiger partial charge in [0, 0.05) is 16.5 Å². The quantitative estimate of drug-likeness (QED) is 0.269. The predicted molar refractivity (Wildman–Crippen MR) is 147 cm³/mol. The van der Waals surface area contributed by atoms with Crippen LogP contribution < -0.4 is 5.32 Å². The first-order valence-electron chi connectivity index (χ1n) is 12.4. The molecule has 182 valence electrons. The SMILES string of the molecule is C[C@H](CCc1ccccc1)NC(=O)CSc1nnc2c3c4c(sc3nc(-c3ccccc3)n12)CCC4. The van der Waals surface area contributed by atoms with Crippen molar-refractivity contribution in [2.75, 3.05) is 5.75 Å². The first-order valence-corrected chi connectivity index (χ1v) is 14.2. The Kier molecular flexibility index (Phi) is 6.46. The van der Waals surface area contributed by atoms with Gasteiger partial charge in [-0.15, -0.1) is 21.5 Å². The summed E-state index contributed by atoms with van der Waals surface area (Å²) in [4.78, 5) is 20.3. The normalized spacial score (nSPS) is 13.8. The highest BCUT2D eigenvalue weighted by atomic mass is 32.2. The Bertz CT molecular complexity index is 1530. The topological polar surface area (TPSA) is 72.2 Å². The maximum Gasteiger partial charge on any atom is 0.230 e. The zero-order chi connectivity index (χ0) is 24.5. The molecule has 1 amide bonds. The molecule has 6 rings (SSSR count). The molecule has 3 aromatic heterocycles. The second-order valence-electron chi connectivity index (χ2n) is 9.26. The fourth-order valence-electron chi connectivity index (χ4n) is 4.89. The van der Waals surface area contributed by atoms with E-state index in [9.17, 15) is 4.79 Å². The molecule has 8 heteroatoms. The Morgan fingerprint density at radius 2 is 1.86 bits per heavy atom. The molecule has 1 N–H and O–H groups in total. The fourth-order valence-corrected chi connectivity index (χ4v) is 6.89. The summed E-state index contributed by atoms with van der Waals surface area (Å²) in [6, 6.07) is 20.6. The van der Waals surface area contributed by atoms with Crippen LogP contribution >= 0.6 is 23.1 Å². The van der Waals surface area contributed by atoms with Crippen LogP contribution in [0.4, 0.5) is 0 Å². The molecule has 3 heterocycles. The molecule has 0 bridgehead atoms. The summed E-state index contributed by atoms with van der Waals surface area (Å²) in [5.74, 6) is 1.11. The Morgan fingerprint density at radius 3 is 2.67 bits per heavy atom. The van der Waals surface area contributed by atoms with Crippen molar-refractivity contribution in [2.24, 2.45) is 0 Å². The first-order chi connectivity index (χ1) is 17.7. The Labute approximate surface area is 218 Å². The summed E-state index contributed by atoms with van der Waals surface area (Å²) in [5.41, 5.74) is 4.52. The van der Waals surface area contributed by atoms with Crippen molar-refractivity contribution in [3.8, 4) is 11.4 Å². The van der Waals surface area contributed by atoms with Gasteiger partial charge in [0.2, 0.25) is 5.91 Å². The van der Waals surface area contributed by atoms with Crippen molar-refractivity contribution in [3.05, 3.63) is 76.7 Å². The standard InChI is InChI=1S/C28H27N5OS2/c1-18(15-16-19-9-4-2-5-10-19)29-23(34)17-35-28-32-31-26-24-21-13-8-14-22(21)36-27(24)30-25(33(26)28)20-11-6-3-7-12-20/h2-7,9-12,18H,8,13-17H2,1H3,(H,29,34)/t18-/m1/s1. The molecular weight excluding hydrogens is 486 g/mol. The molecule has 1 aliphatic rings. The fraction of sp³-hybridized carbons (Fsp3) is 0.286. The summed E-state index contributed by atoms with van der Waals surface area (Å²) in [7, 11) is 0. The van der Waals surface area contributed by atoms with Gasteiger partial charge in [-0.05, 0) is 50.2 Å². The van der Waals surface area contributed by atoms with Gasteiger partial charge in [-0.3, -0.25) is 9.20 Å². The molecule has 2 aromatic carbocycles. The van der Waals surface area contributed by atoms with Crippen LogP contribution in [0.5, 0.6) is 0 Å². The van der Waals surface area contributed by atoms with Crippen molar-refractivity contribution in [1.29, 1.82) is 0 Å². The molecule has 0 saturated heterocycles. The van der Waals surface area contributed by atoms with Gasteiger partial charge in [0.25, 0.3) is 0 Å². The number of nitrogens with zero attached hydrogens (tertiary/aromatic N) is 4. The Balaban J connectivity index is 1.24. The maximum atomic E-state index is 12.8. The number of aryl methyl sites for hydroxylation is 3. The van der Waals surface area contributed by atoms with Crippen molar-refractivity contribution in [1.82, 2.24) is 24.9 Å². The molecule has 0 saturated carbocycles. The van der Waals surface area contributed by atoms with Gasteiger partial charge in [-0.25, -0.2) is 4.98 Å². The average Bonchev–Trinajstić information content (AvgIpc) is 3.61. The number of carbonyl (C=O) groups excluding carboxylic acids is 1. The minimum atomic E-state index is 0.00374. The second-order valence-corrected chi connectivity index (χ2v) is 11.3. The van der Waals surface area contributed by atoms with E-state index in [1.807, 2.05) is 28.7 Å². The number of rotatable bonds is 8. The van der Waals surface area contributed by atoms with E-state index in [0.717, 1.165) is 52.9 Å². The monoisotopic (exact) mass is 513 g/mol. The molecule has 0 aliphatic heterocycles. The van der Waals surface area contributed by atoms with Gasteiger partial charge < -0.3 is 5.32 Å². The molecular formula is C28H27N5OS2. The summed E-state index contributed by atoms with van der Waals surface area (Å²) in [5, 5.41) is 14.1. The highest BCUT2D eigenvalue weighted by Gasteiger charge is 2.25. The lowest BCUT2D eigenvalue weighted by atomic mass is 10.1. The van der Waals surface area contributed by atoms with E-state index >= 15 is 0 Å². The van der Waals surface area contributed by atoms with Crippen LogP contribution in [0.25, 0.3) is 27.3 Å². The number of benzene rings is 2. The van der Waals surface area contributed by atoms with Crippen molar-refractivity contribution in [2.45, 2.75) is 50.2 Å². The van der Waals surface area contributed by atoms with E-state index in [0.29, 0.717) is 5.16 Å². The maximum absolute atomic E-state index is 12.8. The number of carbonyl (C=O) groups is 1. The Morgan fingerprint density at radius 1 is 1.08 bits per heavy atom. The third-order valence-corrected chi connectivity index (χ3v) is 8.77. The zero-order valence-electron chi connectivity index (χ0n) is 20.1. The lowest BCUT2D eigenvalue weighted by Gasteiger charge is -2.14. The minimum absolute atomic E-state index is 0.00374. The van der Waals surface area contributed by atoms with Crippen LogP contribution in [0.3, 0.4) is 0 Å². The highest BCUT2D eigenvalue weighted by molar-refractivity contribution is 7.99. The summed E-state index contributed by atoms with van der Waals surface area (Å²) < 4.78 is 2.04. The number of amides is 1. The molecule has 36 heavy (non-hydrogen) atoms. The number of thiophene rings is 1. The minimum Gasteiger partial charge on any atom is -0.353 e. The zero-order valence-corrected chi connectivity index (χ0v) is 21.7. The molecule has 1 aliphatic carbocycles. The van der Waals surface area contributed by atoms with Crippen molar-refractivity contribution >= 4 is 44.9 Å². The number of hydrogen-bond acceptors (Lipinski definition) is 6. The van der Waals surface area contributed by atoms with Crippen LogP contribution in [-0.2, 0) is 24.1 Å². The average molecular weight is 514 g/mol. The summed E-state index contributed by atoms with van der Waals surface area (Å²) in [6.45, 7) is 2.06. The Hall–Kier alpha value is -3.23. The molecule has 0 unspecified atom stereocenters. The third kappa shape index (κ3) is 4.51. The van der Waals surface area contributed by atoms with Gasteiger partial charge in [0.05, 0.1) is 11.1 Å². The van der Waals surface area contributed by atoms with E-state index in [-0.39, 0.29) is 17.7 Å². The second kappa shape index (κ2) is 10.0. The highest BCUT2D eigenvalue weighted by Crippen LogP contribution is 2.40. The van der Waals surface area contributed by atoms with E-state index in [2.05, 4.69) is 58.8 Å². The first kappa shape index (κ1) is 23.2. The van der Waals surface area contributed by atoms with E-state index in [1.165, 1.54) is 34.2 Å². The number of fused-ring (bicyclic) bond motifs is 5. The molecule has 1 atom stereocenters. The van der Waals surface area contributed by atoms with Gasteiger partial charge in [-0.2, -0.15) is 0 Å². The van der Waals surface area contributed by atoms with Crippen LogP contribution in [0.15, 0.2) is 65.8 Å². The smallest absolute Gasteiger partial charge is 0.230 e. The van der Waals surface area contributed by atoms with Crippen LogP contribution in [0, 0.1) is 0 Å². The van der Waals surface area contributed by atoms with E-state index < -0.39 is 0 Å². The van der Waals surface area contributed by atoms with Gasteiger partial charge in [-0.1, -0.05) is 72.4 Å². The van der Waals surface area contributed by atoms with Crippen LogP contribution in [0.1, 0.15) is 35.8 Å². The predicted octanol–water partition coefficient (Wildman–Crippen LogP) is 5.72. The molecule has 5 aromatic rings. The van der Waals surface area contributed by atoms with Gasteiger partial charge >= 0.3 is 0 Å².